The minimum atomic E-state index is -3.74. The second-order valence-corrected chi connectivity index (χ2v) is 8.03. The Morgan fingerprint density at radius 1 is 0.867 bits per heavy atom. The van der Waals surface area contributed by atoms with Gasteiger partial charge in [0.15, 0.2) is 0 Å². The first-order valence-electron chi connectivity index (χ1n) is 9.08. The largest absolute Gasteiger partial charge is 0.497 e. The van der Waals surface area contributed by atoms with Crippen LogP contribution in [-0.4, -0.2) is 20.5 Å². The molecule has 3 aromatic carbocycles. The van der Waals surface area contributed by atoms with E-state index in [1.807, 2.05) is 6.07 Å². The van der Waals surface area contributed by atoms with E-state index in [9.17, 15) is 8.42 Å². The fraction of sp³-hybridized carbons (Fsp3) is 0.0455. The molecule has 0 aliphatic heterocycles. The first kappa shape index (κ1) is 19.5. The maximum Gasteiger partial charge on any atom is 0.261 e. The Bertz CT molecular complexity index is 1310. The lowest BCUT2D eigenvalue weighted by atomic mass is 10.1. The zero-order chi connectivity index (χ0) is 21.0. The van der Waals surface area contributed by atoms with Gasteiger partial charge in [-0.15, -0.1) is 5.11 Å². The Balaban J connectivity index is 1.69. The number of hydrogen-bond acceptors (Lipinski definition) is 6. The molecule has 0 atom stereocenters. The molecule has 0 radical (unpaired) electrons. The van der Waals surface area contributed by atoms with Crippen LogP contribution in [0.2, 0.25) is 0 Å². The molecule has 4 rings (SSSR count). The summed E-state index contributed by atoms with van der Waals surface area (Å²) >= 11 is 0. The predicted octanol–water partition coefficient (Wildman–Crippen LogP) is 5.46. The molecule has 1 N–H and O–H groups in total. The van der Waals surface area contributed by atoms with Crippen molar-refractivity contribution in [2.24, 2.45) is 10.2 Å². The van der Waals surface area contributed by atoms with E-state index in [2.05, 4.69) is 19.9 Å². The molecule has 0 saturated heterocycles. The third kappa shape index (κ3) is 4.13. The molecule has 0 saturated carbocycles. The summed E-state index contributed by atoms with van der Waals surface area (Å²) in [7, 11) is -2.14. The van der Waals surface area contributed by atoms with Gasteiger partial charge in [0, 0.05) is 11.6 Å². The number of pyridine rings is 1. The number of hydrogen-bond donors (Lipinski definition) is 1. The summed E-state index contributed by atoms with van der Waals surface area (Å²) in [6.07, 6.45) is 1.60. The van der Waals surface area contributed by atoms with Crippen molar-refractivity contribution in [3.8, 4) is 5.75 Å². The third-order valence-electron chi connectivity index (χ3n) is 4.39. The molecule has 1 heterocycles. The molecular weight excluding hydrogens is 400 g/mol. The van der Waals surface area contributed by atoms with Crippen LogP contribution in [0.25, 0.3) is 10.9 Å². The highest BCUT2D eigenvalue weighted by Gasteiger charge is 2.16. The summed E-state index contributed by atoms with van der Waals surface area (Å²) in [5.41, 5.74) is 2.11. The Hall–Kier alpha value is -3.78. The first-order chi connectivity index (χ1) is 14.6. The molecule has 0 unspecified atom stereocenters. The number of nitrogens with zero attached hydrogens (tertiary/aromatic N) is 3. The van der Waals surface area contributed by atoms with Gasteiger partial charge in [-0.25, -0.2) is 8.42 Å². The molecule has 7 nitrogen and oxygen atoms in total. The van der Waals surface area contributed by atoms with Gasteiger partial charge < -0.3 is 4.74 Å². The van der Waals surface area contributed by atoms with Crippen molar-refractivity contribution in [1.82, 2.24) is 4.98 Å². The van der Waals surface area contributed by atoms with Crippen LogP contribution >= 0.6 is 0 Å². The molecule has 30 heavy (non-hydrogen) atoms. The quantitative estimate of drug-likeness (QED) is 0.421. The molecule has 4 aromatic rings. The van der Waals surface area contributed by atoms with E-state index >= 15 is 0 Å². The van der Waals surface area contributed by atoms with Crippen LogP contribution in [0.4, 0.5) is 17.1 Å². The van der Waals surface area contributed by atoms with Gasteiger partial charge in [-0.2, -0.15) is 5.11 Å². The van der Waals surface area contributed by atoms with E-state index < -0.39 is 10.0 Å². The van der Waals surface area contributed by atoms with E-state index in [-0.39, 0.29) is 4.90 Å². The van der Waals surface area contributed by atoms with Crippen molar-refractivity contribution in [3.63, 3.8) is 0 Å². The molecule has 0 bridgehead atoms. The zero-order valence-electron chi connectivity index (χ0n) is 16.1. The Morgan fingerprint density at radius 2 is 1.63 bits per heavy atom. The molecule has 150 valence electrons. The van der Waals surface area contributed by atoms with Crippen LogP contribution in [0.5, 0.6) is 5.75 Å². The van der Waals surface area contributed by atoms with Gasteiger partial charge in [0.1, 0.15) is 5.75 Å². The number of aromatic nitrogens is 1. The number of nitrogens with one attached hydrogen (secondary N) is 1. The minimum absolute atomic E-state index is 0.178. The molecule has 0 aliphatic rings. The normalized spacial score (nSPS) is 11.6. The Kier molecular flexibility index (Phi) is 5.40. The van der Waals surface area contributed by atoms with Crippen LogP contribution < -0.4 is 9.46 Å². The predicted molar refractivity (Wildman–Crippen MR) is 116 cm³/mol. The van der Waals surface area contributed by atoms with E-state index in [4.69, 9.17) is 4.74 Å². The van der Waals surface area contributed by atoms with Gasteiger partial charge in [0.2, 0.25) is 0 Å². The first-order valence-corrected chi connectivity index (χ1v) is 10.6. The number of methoxy groups -OCH3 is 1. The SMILES string of the molecule is COc1ccc(N=Nc2ccc(NS(=O)(=O)c3ccccc3)c3ncccc23)cc1. The van der Waals surface area contributed by atoms with Gasteiger partial charge in [0.25, 0.3) is 10.0 Å². The Labute approximate surface area is 174 Å². The fourth-order valence-corrected chi connectivity index (χ4v) is 3.98. The van der Waals surface area contributed by atoms with Crippen LogP contribution in [0, 0.1) is 0 Å². The summed E-state index contributed by atoms with van der Waals surface area (Å²) < 4.78 is 33.2. The van der Waals surface area contributed by atoms with Crippen molar-refractivity contribution in [2.75, 3.05) is 11.8 Å². The van der Waals surface area contributed by atoms with Crippen molar-refractivity contribution in [2.45, 2.75) is 4.90 Å². The highest BCUT2D eigenvalue weighted by molar-refractivity contribution is 7.92. The molecule has 0 amide bonds. The molecule has 0 aliphatic carbocycles. The number of anilines is 1. The Morgan fingerprint density at radius 3 is 2.37 bits per heavy atom. The van der Waals surface area contributed by atoms with Gasteiger partial charge in [-0.05, 0) is 60.7 Å². The standard InChI is InChI=1S/C22H18N4O3S/c1-29-17-11-9-16(10-12-17)24-25-20-13-14-21(22-19(20)8-5-15-23-22)26-30(27,28)18-6-3-2-4-7-18/h2-15,26H,1H3. The van der Waals surface area contributed by atoms with E-state index in [0.29, 0.717) is 28.0 Å². The average Bonchev–Trinajstić information content (AvgIpc) is 2.79. The van der Waals surface area contributed by atoms with Gasteiger partial charge in [0.05, 0.1) is 34.6 Å². The second-order valence-electron chi connectivity index (χ2n) is 6.35. The molecule has 0 fully saturated rings. The number of rotatable bonds is 6. The van der Waals surface area contributed by atoms with E-state index in [0.717, 1.165) is 5.75 Å². The lowest BCUT2D eigenvalue weighted by molar-refractivity contribution is 0.415. The van der Waals surface area contributed by atoms with Crippen LogP contribution in [0.1, 0.15) is 0 Å². The highest BCUT2D eigenvalue weighted by Crippen LogP contribution is 2.32. The minimum Gasteiger partial charge on any atom is -0.497 e. The van der Waals surface area contributed by atoms with Gasteiger partial charge in [-0.1, -0.05) is 18.2 Å². The van der Waals surface area contributed by atoms with Crippen molar-refractivity contribution in [3.05, 3.63) is 85.1 Å². The van der Waals surface area contributed by atoms with Crippen LogP contribution in [0.15, 0.2) is 100 Å². The zero-order valence-corrected chi connectivity index (χ0v) is 16.9. The summed E-state index contributed by atoms with van der Waals surface area (Å²) in [5, 5.41) is 9.26. The van der Waals surface area contributed by atoms with Gasteiger partial charge in [-0.3, -0.25) is 9.71 Å². The summed E-state index contributed by atoms with van der Waals surface area (Å²) in [6.45, 7) is 0. The smallest absolute Gasteiger partial charge is 0.261 e. The lowest BCUT2D eigenvalue weighted by Gasteiger charge is -2.11. The lowest BCUT2D eigenvalue weighted by Crippen LogP contribution is -2.13. The van der Waals surface area contributed by atoms with Gasteiger partial charge >= 0.3 is 0 Å². The van der Waals surface area contributed by atoms with Crippen molar-refractivity contribution in [1.29, 1.82) is 0 Å². The second kappa shape index (κ2) is 8.30. The topological polar surface area (TPSA) is 93.0 Å². The monoisotopic (exact) mass is 418 g/mol. The molecular formula is C22H18N4O3S. The molecule has 0 spiro atoms. The fourth-order valence-electron chi connectivity index (χ4n) is 2.89. The van der Waals surface area contributed by atoms with E-state index in [1.165, 1.54) is 12.1 Å². The summed E-state index contributed by atoms with van der Waals surface area (Å²) in [6, 6.07) is 22.3. The molecule has 8 heteroatoms. The van der Waals surface area contributed by atoms with Crippen molar-refractivity contribution < 1.29 is 13.2 Å². The highest BCUT2D eigenvalue weighted by atomic mass is 32.2. The third-order valence-corrected chi connectivity index (χ3v) is 5.77. The van der Waals surface area contributed by atoms with E-state index in [1.54, 1.807) is 74.0 Å². The maximum absolute atomic E-state index is 12.7. The number of sulfonamides is 1. The summed E-state index contributed by atoms with van der Waals surface area (Å²) in [5.74, 6) is 0.735. The van der Waals surface area contributed by atoms with Crippen LogP contribution in [0.3, 0.4) is 0 Å². The molecule has 1 aromatic heterocycles. The van der Waals surface area contributed by atoms with Crippen LogP contribution in [-0.2, 0) is 10.0 Å². The number of ether oxygens (including phenoxy) is 1. The number of azo groups is 1. The summed E-state index contributed by atoms with van der Waals surface area (Å²) in [4.78, 5) is 4.53. The maximum atomic E-state index is 12.7. The number of benzene rings is 3. The average molecular weight is 418 g/mol. The van der Waals surface area contributed by atoms with Crippen molar-refractivity contribution >= 4 is 38.0 Å². The number of fused-ring (bicyclic) bond motifs is 1.